The van der Waals surface area contributed by atoms with Gasteiger partial charge >= 0.3 is 0 Å². The largest absolute Gasteiger partial charge is 0.0795 e. The molecule has 62 valence electrons. The molecular formula is C13H10. The van der Waals surface area contributed by atoms with E-state index in [1.807, 2.05) is 0 Å². The van der Waals surface area contributed by atoms with Gasteiger partial charge in [0.25, 0.3) is 0 Å². The van der Waals surface area contributed by atoms with Crippen molar-refractivity contribution in [1.29, 1.82) is 0 Å². The molecule has 1 aliphatic carbocycles. The van der Waals surface area contributed by atoms with Crippen molar-refractivity contribution in [2.75, 3.05) is 0 Å². The highest BCUT2D eigenvalue weighted by atomic mass is 14.1. The minimum Gasteiger partial charge on any atom is -0.0795 e. The van der Waals surface area contributed by atoms with Gasteiger partial charge in [0.1, 0.15) is 0 Å². The summed E-state index contributed by atoms with van der Waals surface area (Å²) in [5.41, 5.74) is 2.87. The van der Waals surface area contributed by atoms with Gasteiger partial charge in [-0.25, -0.2) is 0 Å². The fraction of sp³-hybridized carbons (Fsp3) is 0.0769. The molecule has 0 aliphatic heterocycles. The van der Waals surface area contributed by atoms with Crippen molar-refractivity contribution in [2.24, 2.45) is 0 Å². The fourth-order valence-corrected chi connectivity index (χ4v) is 2.02. The van der Waals surface area contributed by atoms with Crippen molar-refractivity contribution in [2.45, 2.75) is 6.42 Å². The molecule has 0 aromatic heterocycles. The monoisotopic (exact) mass is 166 g/mol. The third-order valence-corrected chi connectivity index (χ3v) is 2.68. The molecule has 0 saturated heterocycles. The van der Waals surface area contributed by atoms with Crippen LogP contribution in [-0.2, 0) is 6.42 Å². The third kappa shape index (κ3) is 0.919. The number of hydrogen-bond donors (Lipinski definition) is 0. The van der Waals surface area contributed by atoms with Gasteiger partial charge in [0.2, 0.25) is 0 Å². The van der Waals surface area contributed by atoms with Crippen LogP contribution >= 0.6 is 0 Å². The Morgan fingerprint density at radius 2 is 1.85 bits per heavy atom. The van der Waals surface area contributed by atoms with Gasteiger partial charge in [-0.3, -0.25) is 0 Å². The molecule has 0 spiro atoms. The standard InChI is InChI=1S/C13H10/c1-2-6-12-10(4-1)8-9-11-5-3-7-13(11)12/h1-4,6-9H,5H2. The van der Waals surface area contributed by atoms with Crippen molar-refractivity contribution in [3.05, 3.63) is 53.6 Å². The number of hydrogen-bond acceptors (Lipinski definition) is 0. The molecule has 0 heteroatoms. The van der Waals surface area contributed by atoms with Gasteiger partial charge in [-0.15, -0.1) is 0 Å². The molecule has 0 unspecified atom stereocenters. The van der Waals surface area contributed by atoms with E-state index in [4.69, 9.17) is 0 Å². The lowest BCUT2D eigenvalue weighted by Crippen LogP contribution is -1.82. The van der Waals surface area contributed by atoms with Crippen molar-refractivity contribution in [1.82, 2.24) is 0 Å². The van der Waals surface area contributed by atoms with E-state index in [9.17, 15) is 0 Å². The lowest BCUT2D eigenvalue weighted by molar-refractivity contribution is 1.32. The number of fused-ring (bicyclic) bond motifs is 3. The zero-order valence-electron chi connectivity index (χ0n) is 7.33. The average Bonchev–Trinajstić information content (AvgIpc) is 2.65. The first-order valence-electron chi connectivity index (χ1n) is 4.62. The van der Waals surface area contributed by atoms with Gasteiger partial charge in [-0.05, 0) is 28.3 Å². The smallest absolute Gasteiger partial charge is 0.00879 e. The minimum atomic E-state index is 1.10. The summed E-state index contributed by atoms with van der Waals surface area (Å²) < 4.78 is 0. The molecule has 13 heavy (non-hydrogen) atoms. The van der Waals surface area contributed by atoms with Crippen LogP contribution in [0, 0.1) is 0 Å². The number of allylic oxidation sites excluding steroid dienone is 1. The van der Waals surface area contributed by atoms with Crippen molar-refractivity contribution in [3.63, 3.8) is 0 Å². The van der Waals surface area contributed by atoms with E-state index in [2.05, 4.69) is 48.6 Å². The maximum atomic E-state index is 2.23. The molecule has 0 N–H and O–H groups in total. The Morgan fingerprint density at radius 3 is 2.85 bits per heavy atom. The zero-order valence-corrected chi connectivity index (χ0v) is 7.33. The summed E-state index contributed by atoms with van der Waals surface area (Å²) in [5, 5.41) is 2.72. The molecule has 0 nitrogen and oxygen atoms in total. The van der Waals surface area contributed by atoms with Crippen molar-refractivity contribution >= 4 is 16.8 Å². The van der Waals surface area contributed by atoms with Gasteiger partial charge in [0, 0.05) is 0 Å². The van der Waals surface area contributed by atoms with Crippen LogP contribution in [0.2, 0.25) is 0 Å². The second-order valence-corrected chi connectivity index (χ2v) is 3.47. The molecule has 3 rings (SSSR count). The molecule has 0 atom stereocenters. The highest BCUT2D eigenvalue weighted by molar-refractivity contribution is 5.93. The Hall–Kier alpha value is -1.56. The van der Waals surface area contributed by atoms with Crippen LogP contribution in [0.1, 0.15) is 11.1 Å². The van der Waals surface area contributed by atoms with Crippen molar-refractivity contribution < 1.29 is 0 Å². The molecule has 0 bridgehead atoms. The Morgan fingerprint density at radius 1 is 0.923 bits per heavy atom. The van der Waals surface area contributed by atoms with Crippen LogP contribution in [0.5, 0.6) is 0 Å². The summed E-state index contributed by atoms with van der Waals surface area (Å²) in [6, 6.07) is 13.0. The summed E-state index contributed by atoms with van der Waals surface area (Å²) in [7, 11) is 0. The lowest BCUT2D eigenvalue weighted by Gasteiger charge is -2.03. The van der Waals surface area contributed by atoms with E-state index < -0.39 is 0 Å². The van der Waals surface area contributed by atoms with Crippen LogP contribution in [0.25, 0.3) is 16.8 Å². The maximum Gasteiger partial charge on any atom is -0.00879 e. The van der Waals surface area contributed by atoms with Gasteiger partial charge in [0.15, 0.2) is 0 Å². The zero-order chi connectivity index (χ0) is 8.67. The quantitative estimate of drug-likeness (QED) is 0.562. The summed E-state index contributed by atoms with van der Waals surface area (Å²) in [4.78, 5) is 0. The Labute approximate surface area is 77.5 Å². The van der Waals surface area contributed by atoms with Gasteiger partial charge in [0.05, 0.1) is 0 Å². The summed E-state index contributed by atoms with van der Waals surface area (Å²) in [6.45, 7) is 0. The summed E-state index contributed by atoms with van der Waals surface area (Å²) >= 11 is 0. The van der Waals surface area contributed by atoms with Crippen molar-refractivity contribution in [3.8, 4) is 0 Å². The van der Waals surface area contributed by atoms with Crippen LogP contribution in [0.15, 0.2) is 42.5 Å². The second-order valence-electron chi connectivity index (χ2n) is 3.47. The van der Waals surface area contributed by atoms with E-state index in [0.717, 1.165) is 6.42 Å². The number of benzene rings is 2. The Balaban J connectivity index is 2.49. The number of rotatable bonds is 0. The molecule has 0 saturated carbocycles. The fourth-order valence-electron chi connectivity index (χ4n) is 2.02. The van der Waals surface area contributed by atoms with Gasteiger partial charge in [-0.1, -0.05) is 48.6 Å². The van der Waals surface area contributed by atoms with Gasteiger partial charge in [-0.2, -0.15) is 0 Å². The predicted molar refractivity (Wildman–Crippen MR) is 56.7 cm³/mol. The highest BCUT2D eigenvalue weighted by Gasteiger charge is 2.07. The van der Waals surface area contributed by atoms with E-state index >= 15 is 0 Å². The van der Waals surface area contributed by atoms with Crippen LogP contribution in [0.3, 0.4) is 0 Å². The molecule has 0 heterocycles. The third-order valence-electron chi connectivity index (χ3n) is 2.68. The molecule has 0 amide bonds. The molecule has 2 aromatic rings. The summed E-state index contributed by atoms with van der Waals surface area (Å²) in [6.07, 6.45) is 5.56. The molecule has 1 aliphatic rings. The second kappa shape index (κ2) is 2.46. The first-order chi connectivity index (χ1) is 6.45. The minimum absolute atomic E-state index is 1.10. The van der Waals surface area contributed by atoms with Crippen LogP contribution in [-0.4, -0.2) is 0 Å². The van der Waals surface area contributed by atoms with E-state index in [1.54, 1.807) is 0 Å². The molecule has 2 aromatic carbocycles. The van der Waals surface area contributed by atoms with E-state index in [1.165, 1.54) is 21.9 Å². The van der Waals surface area contributed by atoms with E-state index in [0.29, 0.717) is 0 Å². The lowest BCUT2D eigenvalue weighted by atomic mass is 10.0. The normalized spacial score (nSPS) is 13.5. The predicted octanol–water partition coefficient (Wildman–Crippen LogP) is 3.41. The molecule has 0 radical (unpaired) electrons. The SMILES string of the molecule is C1=Cc2c(ccc3ccccc23)C1. The van der Waals surface area contributed by atoms with Crippen LogP contribution < -0.4 is 0 Å². The van der Waals surface area contributed by atoms with E-state index in [-0.39, 0.29) is 0 Å². The summed E-state index contributed by atoms with van der Waals surface area (Å²) in [5.74, 6) is 0. The average molecular weight is 166 g/mol. The Bertz CT molecular complexity index is 492. The first-order valence-corrected chi connectivity index (χ1v) is 4.62. The topological polar surface area (TPSA) is 0 Å². The first kappa shape index (κ1) is 6.90. The molecular weight excluding hydrogens is 156 g/mol. The Kier molecular flexibility index (Phi) is 1.31. The highest BCUT2D eigenvalue weighted by Crippen LogP contribution is 2.27. The molecule has 0 fully saturated rings. The van der Waals surface area contributed by atoms with Gasteiger partial charge < -0.3 is 0 Å². The maximum absolute atomic E-state index is 2.23. The van der Waals surface area contributed by atoms with Crippen LogP contribution in [0.4, 0.5) is 0 Å².